The molecule has 0 unspecified atom stereocenters. The van der Waals surface area contributed by atoms with E-state index in [0.29, 0.717) is 11.4 Å². The molecule has 0 amide bonds. The molecular formula is C19H22F3N3O2. The predicted octanol–water partition coefficient (Wildman–Crippen LogP) is 5.35. The van der Waals surface area contributed by atoms with E-state index in [2.05, 4.69) is 15.3 Å². The summed E-state index contributed by atoms with van der Waals surface area (Å²) in [5.74, 6) is 0.253. The molecule has 2 aromatic rings. The van der Waals surface area contributed by atoms with Crippen molar-refractivity contribution in [3.05, 3.63) is 36.0 Å². The van der Waals surface area contributed by atoms with Crippen LogP contribution in [-0.2, 0) is 6.18 Å². The van der Waals surface area contributed by atoms with Crippen molar-refractivity contribution >= 4 is 11.6 Å². The zero-order chi connectivity index (χ0) is 19.4. The average Bonchev–Trinajstić information content (AvgIpc) is 3.06. The minimum absolute atomic E-state index is 0.00832. The van der Waals surface area contributed by atoms with Crippen LogP contribution in [0.5, 0.6) is 11.6 Å². The van der Waals surface area contributed by atoms with Gasteiger partial charge in [-0.05, 0) is 51.7 Å². The van der Waals surface area contributed by atoms with Gasteiger partial charge in [-0.15, -0.1) is 0 Å². The number of alkyl halides is 3. The molecule has 27 heavy (non-hydrogen) atoms. The summed E-state index contributed by atoms with van der Waals surface area (Å²) in [7, 11) is 0. The number of hydrogen-bond acceptors (Lipinski definition) is 5. The Labute approximate surface area is 155 Å². The SMILES string of the molecule is CC(C)Oc1cccc(Nc2ncc(C(F)(F)F)c(OC3CCCC3)n2)c1. The van der Waals surface area contributed by atoms with Gasteiger partial charge in [-0.2, -0.15) is 18.2 Å². The molecular weight excluding hydrogens is 359 g/mol. The molecule has 1 saturated carbocycles. The number of ether oxygens (including phenoxy) is 2. The van der Waals surface area contributed by atoms with Crippen molar-refractivity contribution in [2.75, 3.05) is 5.32 Å². The van der Waals surface area contributed by atoms with Gasteiger partial charge >= 0.3 is 6.18 Å². The van der Waals surface area contributed by atoms with Gasteiger partial charge < -0.3 is 14.8 Å². The largest absolute Gasteiger partial charge is 0.491 e. The van der Waals surface area contributed by atoms with Gasteiger partial charge in [0.05, 0.1) is 6.10 Å². The molecule has 0 aliphatic heterocycles. The fraction of sp³-hybridized carbons (Fsp3) is 0.474. The molecule has 0 radical (unpaired) electrons. The molecule has 0 atom stereocenters. The van der Waals surface area contributed by atoms with Crippen molar-refractivity contribution in [2.24, 2.45) is 0 Å². The van der Waals surface area contributed by atoms with Gasteiger partial charge in [-0.1, -0.05) is 6.07 Å². The third-order valence-electron chi connectivity index (χ3n) is 4.10. The first-order valence-electron chi connectivity index (χ1n) is 8.96. The Kier molecular flexibility index (Phi) is 5.72. The van der Waals surface area contributed by atoms with Crippen LogP contribution in [0.4, 0.5) is 24.8 Å². The molecule has 1 aliphatic rings. The maximum absolute atomic E-state index is 13.3. The molecule has 1 fully saturated rings. The molecule has 1 heterocycles. The zero-order valence-corrected chi connectivity index (χ0v) is 15.2. The van der Waals surface area contributed by atoms with Crippen molar-refractivity contribution in [3.8, 4) is 11.6 Å². The summed E-state index contributed by atoms with van der Waals surface area (Å²) >= 11 is 0. The highest BCUT2D eigenvalue weighted by atomic mass is 19.4. The van der Waals surface area contributed by atoms with Crippen molar-refractivity contribution in [2.45, 2.75) is 57.9 Å². The van der Waals surface area contributed by atoms with Crippen molar-refractivity contribution in [1.82, 2.24) is 9.97 Å². The van der Waals surface area contributed by atoms with Gasteiger partial charge in [-0.3, -0.25) is 0 Å². The lowest BCUT2D eigenvalue weighted by molar-refractivity contribution is -0.139. The number of nitrogens with one attached hydrogen (secondary N) is 1. The molecule has 1 aromatic heterocycles. The minimum atomic E-state index is -4.57. The van der Waals surface area contributed by atoms with Crippen LogP contribution in [-0.4, -0.2) is 22.2 Å². The van der Waals surface area contributed by atoms with Crippen LogP contribution in [0.25, 0.3) is 0 Å². The van der Waals surface area contributed by atoms with Gasteiger partial charge in [0.15, 0.2) is 0 Å². The highest BCUT2D eigenvalue weighted by Gasteiger charge is 2.37. The molecule has 8 heteroatoms. The van der Waals surface area contributed by atoms with E-state index in [1.165, 1.54) is 0 Å². The molecule has 3 rings (SSSR count). The summed E-state index contributed by atoms with van der Waals surface area (Å²) in [6, 6.07) is 7.07. The first kappa shape index (κ1) is 19.3. The number of anilines is 2. The highest BCUT2D eigenvalue weighted by molar-refractivity contribution is 5.56. The Morgan fingerprint density at radius 1 is 1.19 bits per heavy atom. The van der Waals surface area contributed by atoms with Crippen molar-refractivity contribution < 1.29 is 22.6 Å². The maximum atomic E-state index is 13.3. The number of hydrogen-bond donors (Lipinski definition) is 1. The lowest BCUT2D eigenvalue weighted by atomic mass is 10.3. The Hall–Kier alpha value is -2.51. The number of halogens is 3. The summed E-state index contributed by atoms with van der Waals surface area (Å²) in [5, 5.41) is 2.91. The Morgan fingerprint density at radius 3 is 2.59 bits per heavy atom. The molecule has 1 aromatic carbocycles. The van der Waals surface area contributed by atoms with E-state index in [9.17, 15) is 13.2 Å². The van der Waals surface area contributed by atoms with Crippen LogP contribution >= 0.6 is 0 Å². The average molecular weight is 381 g/mol. The van der Waals surface area contributed by atoms with Gasteiger partial charge in [0.2, 0.25) is 11.8 Å². The lowest BCUT2D eigenvalue weighted by Crippen LogP contribution is -2.18. The number of rotatable bonds is 6. The van der Waals surface area contributed by atoms with E-state index in [-0.39, 0.29) is 18.2 Å². The minimum Gasteiger partial charge on any atom is -0.491 e. The van der Waals surface area contributed by atoms with Gasteiger partial charge in [0, 0.05) is 18.0 Å². The number of nitrogens with zero attached hydrogens (tertiary/aromatic N) is 2. The lowest BCUT2D eigenvalue weighted by Gasteiger charge is -2.17. The Morgan fingerprint density at radius 2 is 1.93 bits per heavy atom. The normalized spacial score (nSPS) is 15.2. The third kappa shape index (κ3) is 5.24. The predicted molar refractivity (Wildman–Crippen MR) is 95.4 cm³/mol. The quantitative estimate of drug-likeness (QED) is 0.731. The monoisotopic (exact) mass is 381 g/mol. The summed E-state index contributed by atoms with van der Waals surface area (Å²) in [6.45, 7) is 3.82. The molecule has 0 bridgehead atoms. The third-order valence-corrected chi connectivity index (χ3v) is 4.10. The maximum Gasteiger partial charge on any atom is 0.423 e. The number of benzene rings is 1. The van der Waals surface area contributed by atoms with Crippen LogP contribution in [0.15, 0.2) is 30.5 Å². The molecule has 0 spiro atoms. The number of aromatic nitrogens is 2. The van der Waals surface area contributed by atoms with Crippen molar-refractivity contribution in [3.63, 3.8) is 0 Å². The second-order valence-corrected chi connectivity index (χ2v) is 6.75. The second-order valence-electron chi connectivity index (χ2n) is 6.75. The second kappa shape index (κ2) is 8.02. The van der Waals surface area contributed by atoms with Crippen LogP contribution in [0, 0.1) is 0 Å². The highest BCUT2D eigenvalue weighted by Crippen LogP contribution is 2.37. The summed E-state index contributed by atoms with van der Waals surface area (Å²) in [5.41, 5.74) is -0.350. The van der Waals surface area contributed by atoms with Crippen LogP contribution in [0.3, 0.4) is 0 Å². The van der Waals surface area contributed by atoms with Crippen LogP contribution in [0.1, 0.15) is 45.1 Å². The molecule has 1 N–H and O–H groups in total. The molecule has 1 aliphatic carbocycles. The van der Waals surface area contributed by atoms with Crippen LogP contribution in [0.2, 0.25) is 0 Å². The molecule has 5 nitrogen and oxygen atoms in total. The summed E-state index contributed by atoms with van der Waals surface area (Å²) < 4.78 is 50.9. The van der Waals surface area contributed by atoms with E-state index < -0.39 is 17.6 Å². The van der Waals surface area contributed by atoms with E-state index >= 15 is 0 Å². The fourth-order valence-corrected chi connectivity index (χ4v) is 2.92. The van der Waals surface area contributed by atoms with E-state index in [1.807, 2.05) is 13.8 Å². The Bertz CT molecular complexity index is 775. The van der Waals surface area contributed by atoms with Gasteiger partial charge in [-0.25, -0.2) is 4.98 Å². The van der Waals surface area contributed by atoms with E-state index in [1.54, 1.807) is 24.3 Å². The van der Waals surface area contributed by atoms with Gasteiger partial charge in [0.1, 0.15) is 17.4 Å². The molecule has 146 valence electrons. The zero-order valence-electron chi connectivity index (χ0n) is 15.2. The van der Waals surface area contributed by atoms with Gasteiger partial charge in [0.25, 0.3) is 0 Å². The topological polar surface area (TPSA) is 56.3 Å². The van der Waals surface area contributed by atoms with Crippen molar-refractivity contribution in [1.29, 1.82) is 0 Å². The summed E-state index contributed by atoms with van der Waals surface area (Å²) in [4.78, 5) is 7.79. The first-order valence-corrected chi connectivity index (χ1v) is 8.96. The standard InChI is InChI=1S/C19H22F3N3O2/c1-12(2)26-15-9-5-6-13(10-15)24-18-23-11-16(19(20,21)22)17(25-18)27-14-7-3-4-8-14/h5-6,9-12,14H,3-4,7-8H2,1-2H3,(H,23,24,25). The van der Waals surface area contributed by atoms with Crippen LogP contribution < -0.4 is 14.8 Å². The first-order chi connectivity index (χ1) is 12.8. The van der Waals surface area contributed by atoms with E-state index in [4.69, 9.17) is 9.47 Å². The molecule has 0 saturated heterocycles. The Balaban J connectivity index is 1.83. The smallest absolute Gasteiger partial charge is 0.423 e. The summed E-state index contributed by atoms with van der Waals surface area (Å²) in [6.07, 6.45) is -0.677. The van der Waals surface area contributed by atoms with E-state index in [0.717, 1.165) is 31.9 Å². The fourth-order valence-electron chi connectivity index (χ4n) is 2.92.